The molecule has 0 heterocycles. The number of halogens is 6. The molecule has 0 N–H and O–H groups in total. The van der Waals surface area contributed by atoms with E-state index in [1.807, 2.05) is 12.1 Å². The third kappa shape index (κ3) is 3.89. The molecule has 6 rings (SSSR count). The molecule has 2 aliphatic rings. The van der Waals surface area contributed by atoms with Crippen LogP contribution in [0.15, 0.2) is 78.9 Å². The predicted octanol–water partition coefficient (Wildman–Crippen LogP) is 8.70. The van der Waals surface area contributed by atoms with Gasteiger partial charge in [-0.3, -0.25) is 0 Å². The minimum atomic E-state index is -4.60. The Balaban J connectivity index is 1.85. The molecule has 0 bridgehead atoms. The SMILES string of the molecule is N#CC(C#N)=c1c(-c2ccc(C(F)(F)F)cc2)c2c3cccc4c(C#N)ccc(c-2c1-c1ccc(C(F)(F)F)cc1)c43. The lowest BCUT2D eigenvalue weighted by Crippen LogP contribution is -2.10. The van der Waals surface area contributed by atoms with E-state index in [4.69, 9.17) is 0 Å². The van der Waals surface area contributed by atoms with Crippen molar-refractivity contribution in [2.75, 3.05) is 0 Å². The van der Waals surface area contributed by atoms with E-state index < -0.39 is 23.5 Å². The molecule has 4 aromatic carbocycles. The molecule has 0 radical (unpaired) electrons. The number of alkyl halides is 6. The van der Waals surface area contributed by atoms with Crippen LogP contribution >= 0.6 is 0 Å². The van der Waals surface area contributed by atoms with Crippen molar-refractivity contribution in [1.29, 1.82) is 15.8 Å². The first kappa shape index (κ1) is 26.6. The van der Waals surface area contributed by atoms with Crippen molar-refractivity contribution in [2.24, 2.45) is 0 Å². The van der Waals surface area contributed by atoms with Crippen LogP contribution in [0.1, 0.15) is 16.7 Å². The molecule has 0 atom stereocenters. The largest absolute Gasteiger partial charge is 0.416 e. The second-order valence-corrected chi connectivity index (χ2v) is 9.62. The monoisotopic (exact) mass is 565 g/mol. The van der Waals surface area contributed by atoms with Crippen molar-refractivity contribution in [3.63, 3.8) is 0 Å². The summed E-state index contributed by atoms with van der Waals surface area (Å²) in [4.78, 5) is 0. The summed E-state index contributed by atoms with van der Waals surface area (Å²) in [5.41, 5.74) is 0.424. The zero-order valence-corrected chi connectivity index (χ0v) is 21.1. The number of nitriles is 3. The van der Waals surface area contributed by atoms with Crippen LogP contribution in [0.3, 0.4) is 0 Å². The van der Waals surface area contributed by atoms with Crippen molar-refractivity contribution in [3.05, 3.63) is 101 Å². The Morgan fingerprint density at radius 3 is 1.40 bits per heavy atom. The average Bonchev–Trinajstić information content (AvgIpc) is 3.47. The minimum Gasteiger partial charge on any atom is -0.192 e. The summed E-state index contributed by atoms with van der Waals surface area (Å²) >= 11 is 0. The predicted molar refractivity (Wildman–Crippen MR) is 145 cm³/mol. The van der Waals surface area contributed by atoms with E-state index in [1.165, 1.54) is 24.3 Å². The number of nitrogens with zero attached hydrogens (tertiary/aromatic N) is 3. The third-order valence-corrected chi connectivity index (χ3v) is 7.43. The molecule has 4 aromatic rings. The number of rotatable bonds is 2. The number of fused-ring (bicyclic) bond motifs is 3. The Kier molecular flexibility index (Phi) is 5.85. The van der Waals surface area contributed by atoms with Crippen LogP contribution in [0.4, 0.5) is 26.3 Å². The van der Waals surface area contributed by atoms with Gasteiger partial charge in [-0.25, -0.2) is 0 Å². The van der Waals surface area contributed by atoms with Crippen molar-refractivity contribution in [2.45, 2.75) is 12.4 Å². The normalized spacial score (nSPS) is 12.0. The summed E-state index contributed by atoms with van der Waals surface area (Å²) in [6, 6.07) is 23.0. The van der Waals surface area contributed by atoms with Gasteiger partial charge in [0.2, 0.25) is 0 Å². The van der Waals surface area contributed by atoms with Crippen molar-refractivity contribution < 1.29 is 26.3 Å². The maximum absolute atomic E-state index is 13.4. The van der Waals surface area contributed by atoms with Gasteiger partial charge in [0.1, 0.15) is 17.7 Å². The van der Waals surface area contributed by atoms with Crippen molar-refractivity contribution in [1.82, 2.24) is 0 Å². The van der Waals surface area contributed by atoms with Crippen LogP contribution in [0.2, 0.25) is 0 Å². The van der Waals surface area contributed by atoms with Crippen molar-refractivity contribution in [3.8, 4) is 51.6 Å². The third-order valence-electron chi connectivity index (χ3n) is 7.43. The molecule has 42 heavy (non-hydrogen) atoms. The van der Waals surface area contributed by atoms with Crippen LogP contribution < -0.4 is 5.22 Å². The molecule has 0 unspecified atom stereocenters. The molecule has 0 aliphatic heterocycles. The van der Waals surface area contributed by atoms with Gasteiger partial charge in [0.25, 0.3) is 0 Å². The molecule has 0 spiro atoms. The molecule has 3 nitrogen and oxygen atoms in total. The molecular formula is C33H13F6N3. The van der Waals surface area contributed by atoms with Crippen LogP contribution in [-0.4, -0.2) is 0 Å². The van der Waals surface area contributed by atoms with Gasteiger partial charge < -0.3 is 0 Å². The first-order valence-electron chi connectivity index (χ1n) is 12.4. The Bertz CT molecular complexity index is 2060. The first-order chi connectivity index (χ1) is 20.0. The standard InChI is InChI=1S/C33H13F6N3/c34-32(35,36)21-9-4-17(5-10-21)26-28(20(15-41)16-42)27(18-6-11-22(12-7-18)33(37,38)39)31-25-13-8-19(14-40)23-2-1-3-24(29(23)25)30(26)31/h1-13H. The van der Waals surface area contributed by atoms with Crippen LogP contribution in [-0.2, 0) is 12.4 Å². The van der Waals surface area contributed by atoms with E-state index >= 15 is 0 Å². The maximum atomic E-state index is 13.4. The topological polar surface area (TPSA) is 71.4 Å². The summed E-state index contributed by atoms with van der Waals surface area (Å²) in [6.45, 7) is 0. The van der Waals surface area contributed by atoms with Gasteiger partial charge in [-0.2, -0.15) is 42.1 Å². The second kappa shape index (κ2) is 9.23. The van der Waals surface area contributed by atoms with Crippen molar-refractivity contribution >= 4 is 27.1 Å². The minimum absolute atomic E-state index is 0.108. The quantitative estimate of drug-likeness (QED) is 0.197. The summed E-state index contributed by atoms with van der Waals surface area (Å²) in [5, 5.41) is 32.4. The lowest BCUT2D eigenvalue weighted by atomic mass is 9.95. The molecule has 0 aromatic heterocycles. The van der Waals surface area contributed by atoms with Gasteiger partial charge in [-0.15, -0.1) is 0 Å². The molecule has 0 saturated carbocycles. The average molecular weight is 565 g/mol. The Hall–Kier alpha value is -5.59. The fraction of sp³-hybridized carbons (Fsp3) is 0.0606. The zero-order valence-electron chi connectivity index (χ0n) is 21.1. The summed E-state index contributed by atoms with van der Waals surface area (Å²) in [7, 11) is 0. The fourth-order valence-electron chi connectivity index (χ4n) is 5.70. The van der Waals surface area contributed by atoms with Crippen LogP contribution in [0, 0.1) is 34.0 Å². The maximum Gasteiger partial charge on any atom is 0.416 e. The molecule has 9 heteroatoms. The van der Waals surface area contributed by atoms with Gasteiger partial charge in [0, 0.05) is 21.7 Å². The Morgan fingerprint density at radius 2 is 0.976 bits per heavy atom. The molecule has 202 valence electrons. The molecular weight excluding hydrogens is 552 g/mol. The fourth-order valence-corrected chi connectivity index (χ4v) is 5.70. The highest BCUT2D eigenvalue weighted by Gasteiger charge is 2.34. The summed E-state index contributed by atoms with van der Waals surface area (Å²) in [5.74, 6) is 0. The van der Waals surface area contributed by atoms with E-state index in [9.17, 15) is 42.1 Å². The van der Waals surface area contributed by atoms with E-state index in [0.717, 1.165) is 24.3 Å². The first-order valence-corrected chi connectivity index (χ1v) is 12.4. The van der Waals surface area contributed by atoms with Crippen LogP contribution in [0.5, 0.6) is 0 Å². The van der Waals surface area contributed by atoms with Gasteiger partial charge in [0.05, 0.1) is 22.8 Å². The van der Waals surface area contributed by atoms with Gasteiger partial charge in [0.15, 0.2) is 0 Å². The molecule has 0 saturated heterocycles. The number of benzene rings is 4. The highest BCUT2D eigenvalue weighted by atomic mass is 19.4. The molecule has 0 fully saturated rings. The van der Waals surface area contributed by atoms with Gasteiger partial charge in [-0.1, -0.05) is 48.5 Å². The number of hydrogen-bond donors (Lipinski definition) is 0. The summed E-state index contributed by atoms with van der Waals surface area (Å²) < 4.78 is 80.4. The number of hydrogen-bond acceptors (Lipinski definition) is 3. The van der Waals surface area contributed by atoms with Crippen LogP contribution in [0.25, 0.3) is 60.5 Å². The zero-order chi connectivity index (χ0) is 30.0. The molecule has 2 aliphatic carbocycles. The second-order valence-electron chi connectivity index (χ2n) is 9.62. The Morgan fingerprint density at radius 1 is 0.524 bits per heavy atom. The van der Waals surface area contributed by atoms with E-state index in [-0.39, 0.29) is 21.9 Å². The lowest BCUT2D eigenvalue weighted by molar-refractivity contribution is -0.138. The van der Waals surface area contributed by atoms with E-state index in [2.05, 4.69) is 6.07 Å². The highest BCUT2D eigenvalue weighted by molar-refractivity contribution is 6.30. The lowest BCUT2D eigenvalue weighted by Gasteiger charge is -2.09. The van der Waals surface area contributed by atoms with E-state index in [0.29, 0.717) is 49.4 Å². The van der Waals surface area contributed by atoms with Gasteiger partial charge in [-0.05, 0) is 68.7 Å². The smallest absolute Gasteiger partial charge is 0.192 e. The Labute approximate surface area is 234 Å². The summed E-state index contributed by atoms with van der Waals surface area (Å²) in [6.07, 6.45) is -9.21. The van der Waals surface area contributed by atoms with Gasteiger partial charge >= 0.3 is 12.4 Å². The van der Waals surface area contributed by atoms with E-state index in [1.54, 1.807) is 30.3 Å². The highest BCUT2D eigenvalue weighted by Crippen LogP contribution is 2.52. The molecule has 0 amide bonds.